The van der Waals surface area contributed by atoms with Gasteiger partial charge in [-0.15, -0.1) is 0 Å². The second-order valence-electron chi connectivity index (χ2n) is 7.91. The first-order valence-corrected chi connectivity index (χ1v) is 11.0. The maximum Gasteiger partial charge on any atom is 0.300 e. The zero-order chi connectivity index (χ0) is 23.9. The van der Waals surface area contributed by atoms with Crippen LogP contribution in [0.25, 0.3) is 5.76 Å². The van der Waals surface area contributed by atoms with Crippen LogP contribution in [0.15, 0.2) is 58.5 Å². The molecule has 33 heavy (non-hydrogen) atoms. The van der Waals surface area contributed by atoms with Gasteiger partial charge in [-0.05, 0) is 75.2 Å². The minimum absolute atomic E-state index is 0.0918. The molecular weight excluding hydrogens is 442 g/mol. The zero-order valence-electron chi connectivity index (χ0n) is 18.8. The van der Waals surface area contributed by atoms with Crippen molar-refractivity contribution < 1.29 is 23.8 Å². The molecule has 1 amide bonds. The lowest BCUT2D eigenvalue weighted by molar-refractivity contribution is -0.132. The number of carbonyl (C=O) groups is 2. The standard InChI is InChI=1S/C26H24ClNO5/c1-5-32-17-10-11-19(27)18(13-17)24(29)22-23(21-12-9-15(3)33-21)28(26(31)25(22)30)20-8-6-7-14(2)16(20)4/h6-13,23,29H,5H2,1-4H3/b24-22-. The number of nitrogens with zero attached hydrogens (tertiary/aromatic N) is 1. The SMILES string of the molecule is CCOc1ccc(Cl)c(/C(O)=C2/C(=O)C(=O)N(c3cccc(C)c3C)C2c2ccc(C)o2)c1. The van der Waals surface area contributed by atoms with Crippen LogP contribution in [0.5, 0.6) is 5.75 Å². The van der Waals surface area contributed by atoms with E-state index >= 15 is 0 Å². The number of carbonyl (C=O) groups excluding carboxylic acids is 2. The van der Waals surface area contributed by atoms with Gasteiger partial charge in [-0.3, -0.25) is 14.5 Å². The highest BCUT2D eigenvalue weighted by Crippen LogP contribution is 2.44. The molecule has 7 heteroatoms. The molecule has 1 fully saturated rings. The van der Waals surface area contributed by atoms with Gasteiger partial charge in [0, 0.05) is 11.3 Å². The first-order valence-electron chi connectivity index (χ1n) is 10.6. The Morgan fingerprint density at radius 3 is 2.55 bits per heavy atom. The molecule has 0 spiro atoms. The Morgan fingerprint density at radius 2 is 1.88 bits per heavy atom. The van der Waals surface area contributed by atoms with Gasteiger partial charge < -0.3 is 14.3 Å². The van der Waals surface area contributed by atoms with Crippen LogP contribution in [0.4, 0.5) is 5.69 Å². The van der Waals surface area contributed by atoms with Crippen LogP contribution < -0.4 is 9.64 Å². The number of rotatable bonds is 5. The molecule has 6 nitrogen and oxygen atoms in total. The van der Waals surface area contributed by atoms with Gasteiger partial charge in [0.25, 0.3) is 11.7 Å². The van der Waals surface area contributed by atoms with Crippen molar-refractivity contribution >= 4 is 34.7 Å². The number of aryl methyl sites for hydroxylation is 2. The highest BCUT2D eigenvalue weighted by molar-refractivity contribution is 6.52. The van der Waals surface area contributed by atoms with Crippen molar-refractivity contribution in [2.24, 2.45) is 0 Å². The summed E-state index contributed by atoms with van der Waals surface area (Å²) >= 11 is 6.37. The number of ketones is 1. The molecule has 1 unspecified atom stereocenters. The van der Waals surface area contributed by atoms with Gasteiger partial charge in [0.05, 0.1) is 17.2 Å². The highest BCUT2D eigenvalue weighted by atomic mass is 35.5. The lowest BCUT2D eigenvalue weighted by Gasteiger charge is -2.25. The van der Waals surface area contributed by atoms with Crippen molar-refractivity contribution in [3.63, 3.8) is 0 Å². The first kappa shape index (κ1) is 22.7. The van der Waals surface area contributed by atoms with Crippen LogP contribution in [0.3, 0.4) is 0 Å². The number of amides is 1. The van der Waals surface area contributed by atoms with Crippen molar-refractivity contribution in [2.75, 3.05) is 11.5 Å². The van der Waals surface area contributed by atoms with Gasteiger partial charge in [-0.1, -0.05) is 23.7 Å². The molecule has 1 N–H and O–H groups in total. The molecule has 0 aliphatic carbocycles. The molecule has 2 heterocycles. The Balaban J connectivity index is 1.97. The molecule has 4 rings (SSSR count). The minimum atomic E-state index is -0.953. The third kappa shape index (κ3) is 3.91. The summed E-state index contributed by atoms with van der Waals surface area (Å²) in [6.07, 6.45) is 0. The monoisotopic (exact) mass is 465 g/mol. The van der Waals surface area contributed by atoms with Gasteiger partial charge in [0.1, 0.15) is 29.1 Å². The molecule has 2 aromatic carbocycles. The lowest BCUT2D eigenvalue weighted by Crippen LogP contribution is -2.30. The Hall–Kier alpha value is -3.51. The largest absolute Gasteiger partial charge is 0.507 e. The molecule has 1 atom stereocenters. The van der Waals surface area contributed by atoms with Crippen LogP contribution in [-0.2, 0) is 9.59 Å². The van der Waals surface area contributed by atoms with Crippen LogP contribution in [0, 0.1) is 20.8 Å². The van der Waals surface area contributed by atoms with E-state index in [-0.39, 0.29) is 21.9 Å². The third-order valence-electron chi connectivity index (χ3n) is 5.81. The molecular formula is C26H24ClNO5. The van der Waals surface area contributed by atoms with E-state index in [4.69, 9.17) is 20.8 Å². The predicted octanol–water partition coefficient (Wildman–Crippen LogP) is 5.88. The highest BCUT2D eigenvalue weighted by Gasteiger charge is 2.49. The first-order chi connectivity index (χ1) is 15.7. The number of aliphatic hydroxyl groups is 1. The number of ether oxygens (including phenoxy) is 1. The summed E-state index contributed by atoms with van der Waals surface area (Å²) in [7, 11) is 0. The average Bonchev–Trinajstić information content (AvgIpc) is 3.32. The van der Waals surface area contributed by atoms with Gasteiger partial charge >= 0.3 is 0 Å². The Bertz CT molecular complexity index is 1290. The van der Waals surface area contributed by atoms with E-state index < -0.39 is 17.7 Å². The number of hydrogen-bond donors (Lipinski definition) is 1. The second-order valence-corrected chi connectivity index (χ2v) is 8.32. The van der Waals surface area contributed by atoms with Gasteiger partial charge in [0.2, 0.25) is 0 Å². The molecule has 1 aliphatic rings. The van der Waals surface area contributed by atoms with E-state index in [1.165, 1.54) is 4.90 Å². The fourth-order valence-corrected chi connectivity index (χ4v) is 4.24. The fraction of sp³-hybridized carbons (Fsp3) is 0.231. The number of benzene rings is 2. The van der Waals surface area contributed by atoms with E-state index in [1.807, 2.05) is 32.9 Å². The van der Waals surface area contributed by atoms with Gasteiger partial charge in [0.15, 0.2) is 0 Å². The van der Waals surface area contributed by atoms with Crippen LogP contribution >= 0.6 is 11.6 Å². The molecule has 1 aliphatic heterocycles. The maximum absolute atomic E-state index is 13.3. The van der Waals surface area contributed by atoms with Gasteiger partial charge in [-0.2, -0.15) is 0 Å². The normalized spacial score (nSPS) is 17.6. The predicted molar refractivity (Wildman–Crippen MR) is 127 cm³/mol. The smallest absolute Gasteiger partial charge is 0.300 e. The van der Waals surface area contributed by atoms with E-state index in [2.05, 4.69) is 0 Å². The summed E-state index contributed by atoms with van der Waals surface area (Å²) in [4.78, 5) is 28.0. The van der Waals surface area contributed by atoms with E-state index in [0.29, 0.717) is 29.6 Å². The van der Waals surface area contributed by atoms with E-state index in [9.17, 15) is 14.7 Å². The number of Topliss-reactive ketones (excluding diaryl/α,β-unsaturated/α-hetero) is 1. The van der Waals surface area contributed by atoms with Crippen LogP contribution in [0.1, 0.15) is 41.2 Å². The quantitative estimate of drug-likeness (QED) is 0.289. The molecule has 0 bridgehead atoms. The summed E-state index contributed by atoms with van der Waals surface area (Å²) in [5.74, 6) is -0.477. The maximum atomic E-state index is 13.3. The summed E-state index contributed by atoms with van der Waals surface area (Å²) in [5, 5.41) is 11.5. The number of hydrogen-bond acceptors (Lipinski definition) is 5. The minimum Gasteiger partial charge on any atom is -0.507 e. The van der Waals surface area contributed by atoms with Crippen LogP contribution in [-0.4, -0.2) is 23.4 Å². The summed E-state index contributed by atoms with van der Waals surface area (Å²) in [6.45, 7) is 7.85. The van der Waals surface area contributed by atoms with Crippen molar-refractivity contribution in [2.45, 2.75) is 33.7 Å². The number of halogens is 1. The Labute approximate surface area is 197 Å². The molecule has 3 aromatic rings. The molecule has 1 aromatic heterocycles. The molecule has 0 saturated carbocycles. The summed E-state index contributed by atoms with van der Waals surface area (Å²) in [5.41, 5.74) is 2.50. The molecule has 1 saturated heterocycles. The summed E-state index contributed by atoms with van der Waals surface area (Å²) in [6, 6.07) is 12.8. The number of aliphatic hydroxyl groups excluding tert-OH is 1. The van der Waals surface area contributed by atoms with E-state index in [0.717, 1.165) is 11.1 Å². The zero-order valence-corrected chi connectivity index (χ0v) is 19.6. The topological polar surface area (TPSA) is 80.0 Å². The second kappa shape index (κ2) is 8.79. The third-order valence-corrected chi connectivity index (χ3v) is 6.14. The average molecular weight is 466 g/mol. The molecule has 0 radical (unpaired) electrons. The fourth-order valence-electron chi connectivity index (χ4n) is 4.03. The lowest BCUT2D eigenvalue weighted by atomic mass is 9.98. The Kier molecular flexibility index (Phi) is 6.04. The van der Waals surface area contributed by atoms with E-state index in [1.54, 1.807) is 43.3 Å². The summed E-state index contributed by atoms with van der Waals surface area (Å²) < 4.78 is 11.4. The number of furan rings is 1. The molecule has 170 valence electrons. The Morgan fingerprint density at radius 1 is 1.12 bits per heavy atom. The van der Waals surface area contributed by atoms with Crippen molar-refractivity contribution in [1.82, 2.24) is 0 Å². The number of anilines is 1. The van der Waals surface area contributed by atoms with Crippen molar-refractivity contribution in [1.29, 1.82) is 0 Å². The van der Waals surface area contributed by atoms with Crippen molar-refractivity contribution in [3.05, 3.63) is 87.3 Å². The van der Waals surface area contributed by atoms with Gasteiger partial charge in [-0.25, -0.2) is 0 Å². The van der Waals surface area contributed by atoms with Crippen LogP contribution in [0.2, 0.25) is 5.02 Å². The van der Waals surface area contributed by atoms with Crippen molar-refractivity contribution in [3.8, 4) is 5.75 Å².